The summed E-state index contributed by atoms with van der Waals surface area (Å²) in [5.41, 5.74) is -0.199. The number of hydrogen-bond acceptors (Lipinski definition) is 9. The minimum Gasteiger partial charge on any atom is -0.380 e. The van der Waals surface area contributed by atoms with Gasteiger partial charge in [-0.1, -0.05) is 5.21 Å². The van der Waals surface area contributed by atoms with Crippen LogP contribution in [0.15, 0.2) is 6.20 Å². The third-order valence-corrected chi connectivity index (χ3v) is 6.24. The summed E-state index contributed by atoms with van der Waals surface area (Å²) in [6.07, 6.45) is -1.56. The third-order valence-electron chi connectivity index (χ3n) is 6.24. The molecule has 35 heavy (non-hydrogen) atoms. The molecule has 1 amide bonds. The van der Waals surface area contributed by atoms with Gasteiger partial charge in [0, 0.05) is 19.3 Å². The van der Waals surface area contributed by atoms with E-state index in [2.05, 4.69) is 48.2 Å². The Morgan fingerprint density at radius 2 is 1.94 bits per heavy atom. The lowest BCUT2D eigenvalue weighted by atomic mass is 10.1. The highest BCUT2D eigenvalue weighted by molar-refractivity contribution is 5.79. The van der Waals surface area contributed by atoms with Crippen LogP contribution in [0.4, 0.5) is 30.8 Å². The average molecular weight is 498 g/mol. The van der Waals surface area contributed by atoms with E-state index in [1.165, 1.54) is 0 Å². The maximum absolute atomic E-state index is 13.5. The summed E-state index contributed by atoms with van der Waals surface area (Å²) in [5.74, 6) is -0.204. The Labute approximate surface area is 200 Å². The second kappa shape index (κ2) is 10.7. The Hall–Kier alpha value is -3.00. The lowest BCUT2D eigenvalue weighted by Gasteiger charge is -2.29. The molecule has 192 valence electrons. The molecule has 0 bridgehead atoms. The van der Waals surface area contributed by atoms with Crippen LogP contribution in [0.1, 0.15) is 36.6 Å². The van der Waals surface area contributed by atoms with E-state index in [-0.39, 0.29) is 36.2 Å². The molecule has 0 radical (unpaired) electrons. The van der Waals surface area contributed by atoms with Crippen LogP contribution < -0.4 is 16.0 Å². The second-order valence-corrected chi connectivity index (χ2v) is 8.89. The van der Waals surface area contributed by atoms with E-state index in [0.717, 1.165) is 37.8 Å². The Kier molecular flexibility index (Phi) is 7.69. The normalized spacial score (nSPS) is 17.7. The number of rotatable bonds is 9. The van der Waals surface area contributed by atoms with Crippen molar-refractivity contribution in [2.75, 3.05) is 57.1 Å². The van der Waals surface area contributed by atoms with E-state index in [1.807, 2.05) is 11.6 Å². The topological polar surface area (TPSA) is 122 Å². The lowest BCUT2D eigenvalue weighted by Crippen LogP contribution is -2.42. The van der Waals surface area contributed by atoms with Crippen LogP contribution in [-0.4, -0.2) is 82.2 Å². The maximum Gasteiger partial charge on any atom is 0.421 e. The molecule has 4 rings (SSSR count). The number of piperidine rings is 1. The minimum atomic E-state index is -4.62. The zero-order chi connectivity index (χ0) is 25.0. The highest BCUT2D eigenvalue weighted by atomic mass is 19.4. The largest absolute Gasteiger partial charge is 0.421 e. The van der Waals surface area contributed by atoms with Crippen molar-refractivity contribution in [3.8, 4) is 0 Å². The first-order chi connectivity index (χ1) is 16.7. The molecule has 2 aliphatic rings. The van der Waals surface area contributed by atoms with Crippen LogP contribution in [0.5, 0.6) is 0 Å². The summed E-state index contributed by atoms with van der Waals surface area (Å²) in [6.45, 7) is 5.10. The molecule has 0 aromatic carbocycles. The molecule has 2 saturated heterocycles. The van der Waals surface area contributed by atoms with Crippen molar-refractivity contribution < 1.29 is 22.7 Å². The third kappa shape index (κ3) is 6.17. The van der Waals surface area contributed by atoms with Crippen molar-refractivity contribution in [2.24, 2.45) is 5.92 Å². The van der Waals surface area contributed by atoms with Gasteiger partial charge in [0.05, 0.1) is 30.9 Å². The van der Waals surface area contributed by atoms with Crippen LogP contribution in [0, 0.1) is 12.8 Å². The Morgan fingerprint density at radius 1 is 1.20 bits per heavy atom. The quantitative estimate of drug-likeness (QED) is 0.446. The molecule has 0 atom stereocenters. The van der Waals surface area contributed by atoms with Crippen molar-refractivity contribution in [3.05, 3.63) is 17.5 Å². The first-order valence-corrected chi connectivity index (χ1v) is 11.6. The van der Waals surface area contributed by atoms with E-state index in [1.54, 1.807) is 0 Å². The summed E-state index contributed by atoms with van der Waals surface area (Å²) < 4.78 is 47.3. The van der Waals surface area contributed by atoms with E-state index >= 15 is 0 Å². The zero-order valence-electron chi connectivity index (χ0n) is 19.7. The molecule has 2 aliphatic heterocycles. The van der Waals surface area contributed by atoms with Gasteiger partial charge < -0.3 is 25.6 Å². The van der Waals surface area contributed by atoms with Gasteiger partial charge in [-0.05, 0) is 46.3 Å². The first kappa shape index (κ1) is 25.1. The molecule has 2 fully saturated rings. The van der Waals surface area contributed by atoms with Crippen LogP contribution >= 0.6 is 0 Å². The van der Waals surface area contributed by atoms with Gasteiger partial charge in [0.25, 0.3) is 0 Å². The second-order valence-electron chi connectivity index (χ2n) is 8.89. The van der Waals surface area contributed by atoms with E-state index in [4.69, 9.17) is 4.74 Å². The van der Waals surface area contributed by atoms with Crippen molar-refractivity contribution in [2.45, 2.75) is 38.4 Å². The Balaban J connectivity index is 1.38. The number of likely N-dealkylation sites (tertiary alicyclic amines) is 1. The van der Waals surface area contributed by atoms with Gasteiger partial charge in [0.1, 0.15) is 11.4 Å². The zero-order valence-corrected chi connectivity index (χ0v) is 19.7. The molecule has 11 nitrogen and oxygen atoms in total. The van der Waals surface area contributed by atoms with Gasteiger partial charge in [0.15, 0.2) is 5.82 Å². The summed E-state index contributed by atoms with van der Waals surface area (Å²) in [5, 5.41) is 16.8. The number of carbonyl (C=O) groups excluding carboxylic acids is 1. The number of amides is 1. The summed E-state index contributed by atoms with van der Waals surface area (Å²) in [4.78, 5) is 21.9. The lowest BCUT2D eigenvalue weighted by molar-refractivity contribution is -0.139. The predicted molar refractivity (Wildman–Crippen MR) is 121 cm³/mol. The number of nitrogens with one attached hydrogen (secondary N) is 3. The number of anilines is 3. The van der Waals surface area contributed by atoms with E-state index < -0.39 is 11.7 Å². The van der Waals surface area contributed by atoms with Crippen molar-refractivity contribution in [1.82, 2.24) is 35.2 Å². The molecule has 3 N–H and O–H groups in total. The monoisotopic (exact) mass is 497 g/mol. The standard InChI is InChI=1S/C21H30F3N9O2/c1-13-17(30-31-33(13)15-4-8-32(2)9-5-15)28-20-27-10-16(21(22,23)24)18(29-20)25-6-3-7-26-19(34)14-11-35-12-14/h10,14-15H,3-9,11-12H2,1-2H3,(H,26,34)(H2,25,27,28,29). The van der Waals surface area contributed by atoms with Crippen molar-refractivity contribution in [3.63, 3.8) is 0 Å². The first-order valence-electron chi connectivity index (χ1n) is 11.6. The molecule has 0 spiro atoms. The maximum atomic E-state index is 13.5. The predicted octanol–water partition coefficient (Wildman–Crippen LogP) is 1.97. The molecule has 0 saturated carbocycles. The van der Waals surface area contributed by atoms with Crippen LogP contribution in [0.25, 0.3) is 0 Å². The molecule has 2 aromatic heterocycles. The fourth-order valence-corrected chi connectivity index (χ4v) is 3.97. The fourth-order valence-electron chi connectivity index (χ4n) is 3.97. The van der Waals surface area contributed by atoms with Gasteiger partial charge in [-0.2, -0.15) is 18.2 Å². The summed E-state index contributed by atoms with van der Waals surface area (Å²) in [6, 6.07) is 0.220. The number of carbonyl (C=O) groups is 1. The van der Waals surface area contributed by atoms with E-state index in [0.29, 0.717) is 32.0 Å². The van der Waals surface area contributed by atoms with E-state index in [9.17, 15) is 18.0 Å². The summed E-state index contributed by atoms with van der Waals surface area (Å²) >= 11 is 0. The van der Waals surface area contributed by atoms with Crippen LogP contribution in [0.2, 0.25) is 0 Å². The summed E-state index contributed by atoms with van der Waals surface area (Å²) in [7, 11) is 2.08. The fraction of sp³-hybridized carbons (Fsp3) is 0.667. The molecule has 0 unspecified atom stereocenters. The van der Waals surface area contributed by atoms with Crippen molar-refractivity contribution in [1.29, 1.82) is 0 Å². The number of halogens is 3. The van der Waals surface area contributed by atoms with Gasteiger partial charge in [-0.25, -0.2) is 9.67 Å². The highest BCUT2D eigenvalue weighted by Crippen LogP contribution is 2.34. The van der Waals surface area contributed by atoms with Gasteiger partial charge >= 0.3 is 6.18 Å². The number of nitrogens with zero attached hydrogens (tertiary/aromatic N) is 6. The van der Waals surface area contributed by atoms with Crippen molar-refractivity contribution >= 4 is 23.5 Å². The average Bonchev–Trinajstić information content (AvgIpc) is 3.12. The molecule has 2 aromatic rings. The van der Waals surface area contributed by atoms with Gasteiger partial charge in [0.2, 0.25) is 11.9 Å². The van der Waals surface area contributed by atoms with Crippen LogP contribution in [-0.2, 0) is 15.7 Å². The van der Waals surface area contributed by atoms with Crippen LogP contribution in [0.3, 0.4) is 0 Å². The molecule has 0 aliphatic carbocycles. The number of ether oxygens (including phenoxy) is 1. The smallest absolute Gasteiger partial charge is 0.380 e. The highest BCUT2D eigenvalue weighted by Gasteiger charge is 2.35. The SMILES string of the molecule is Cc1c(Nc2ncc(C(F)(F)F)c(NCCCNC(=O)C3COC3)n2)nnn1C1CCN(C)CC1. The Morgan fingerprint density at radius 3 is 2.60 bits per heavy atom. The number of aromatic nitrogens is 5. The van der Waals surface area contributed by atoms with Gasteiger partial charge in [-0.3, -0.25) is 4.79 Å². The van der Waals surface area contributed by atoms with Gasteiger partial charge in [-0.15, -0.1) is 5.10 Å². The number of hydrogen-bond donors (Lipinski definition) is 3. The Bertz CT molecular complexity index is 1020. The molecular formula is C21H30F3N9O2. The molecular weight excluding hydrogens is 467 g/mol. The molecule has 4 heterocycles. The molecule has 14 heteroatoms. The minimum absolute atomic E-state index is 0.0164. The number of alkyl halides is 3.